The third-order valence-electron chi connectivity index (χ3n) is 4.11. The Morgan fingerprint density at radius 3 is 2.27 bits per heavy atom. The molecule has 0 aliphatic rings. The zero-order valence-electron chi connectivity index (χ0n) is 14.2. The lowest BCUT2D eigenvalue weighted by molar-refractivity contribution is 0.103. The predicted molar refractivity (Wildman–Crippen MR) is 105 cm³/mol. The smallest absolute Gasteiger partial charge is 0.194 e. The van der Waals surface area contributed by atoms with E-state index in [0.29, 0.717) is 26.9 Å². The number of benzene rings is 3. The van der Waals surface area contributed by atoms with Gasteiger partial charge in [0.25, 0.3) is 0 Å². The highest BCUT2D eigenvalue weighted by Crippen LogP contribution is 2.28. The SMILES string of the molecule is Cc1cc(F)ccc1Nc1ccc(C(=O)c2ccc(Cl)cc2C)c(Cl)c1. The first-order chi connectivity index (χ1) is 12.3. The standard InChI is InChI=1S/C21H16Cl2FNO/c1-12-9-14(22)3-6-17(12)21(26)18-7-5-16(11-19(18)23)25-20-8-4-15(24)10-13(20)2/h3-11,25H,1-2H3. The molecule has 0 aliphatic heterocycles. The Bertz CT molecular complexity index is 1000. The summed E-state index contributed by atoms with van der Waals surface area (Å²) in [5.41, 5.74) is 4.04. The monoisotopic (exact) mass is 387 g/mol. The van der Waals surface area contributed by atoms with Crippen molar-refractivity contribution in [3.05, 3.63) is 92.7 Å². The average molecular weight is 388 g/mol. The Morgan fingerprint density at radius 2 is 1.62 bits per heavy atom. The molecule has 5 heteroatoms. The maximum atomic E-state index is 13.2. The molecule has 3 aromatic rings. The van der Waals surface area contributed by atoms with Crippen molar-refractivity contribution in [1.29, 1.82) is 0 Å². The summed E-state index contributed by atoms with van der Waals surface area (Å²) in [5.74, 6) is -0.445. The van der Waals surface area contributed by atoms with E-state index in [-0.39, 0.29) is 11.6 Å². The van der Waals surface area contributed by atoms with Gasteiger partial charge in [-0.3, -0.25) is 4.79 Å². The topological polar surface area (TPSA) is 29.1 Å². The van der Waals surface area contributed by atoms with E-state index >= 15 is 0 Å². The lowest BCUT2D eigenvalue weighted by Crippen LogP contribution is -2.05. The zero-order valence-corrected chi connectivity index (χ0v) is 15.8. The molecule has 3 rings (SSSR count). The van der Waals surface area contributed by atoms with Gasteiger partial charge in [-0.2, -0.15) is 0 Å². The molecule has 3 aromatic carbocycles. The number of hydrogen-bond donors (Lipinski definition) is 1. The van der Waals surface area contributed by atoms with E-state index in [9.17, 15) is 9.18 Å². The van der Waals surface area contributed by atoms with Gasteiger partial charge in [0.05, 0.1) is 5.02 Å². The molecule has 2 nitrogen and oxygen atoms in total. The first-order valence-corrected chi connectivity index (χ1v) is 8.74. The minimum atomic E-state index is -0.287. The number of rotatable bonds is 4. The lowest BCUT2D eigenvalue weighted by Gasteiger charge is -2.12. The Morgan fingerprint density at radius 1 is 0.885 bits per heavy atom. The van der Waals surface area contributed by atoms with Gasteiger partial charge in [-0.25, -0.2) is 4.39 Å². The van der Waals surface area contributed by atoms with Gasteiger partial charge < -0.3 is 5.32 Å². The van der Waals surface area contributed by atoms with Gasteiger partial charge in [0, 0.05) is 27.5 Å². The fraction of sp³-hybridized carbons (Fsp3) is 0.0952. The van der Waals surface area contributed by atoms with Crippen LogP contribution in [0.2, 0.25) is 10.0 Å². The number of carbonyl (C=O) groups excluding carboxylic acids is 1. The number of halogens is 3. The molecule has 0 fully saturated rings. The number of nitrogens with one attached hydrogen (secondary N) is 1. The second-order valence-electron chi connectivity index (χ2n) is 6.07. The highest BCUT2D eigenvalue weighted by Gasteiger charge is 2.16. The molecule has 0 radical (unpaired) electrons. The van der Waals surface area contributed by atoms with E-state index in [1.54, 1.807) is 42.5 Å². The van der Waals surface area contributed by atoms with Crippen LogP contribution in [0.3, 0.4) is 0 Å². The van der Waals surface area contributed by atoms with Crippen LogP contribution in [-0.2, 0) is 0 Å². The number of ketones is 1. The minimum Gasteiger partial charge on any atom is -0.355 e. The molecule has 0 heterocycles. The molecule has 1 N–H and O–H groups in total. The van der Waals surface area contributed by atoms with Crippen molar-refractivity contribution >= 4 is 40.4 Å². The number of carbonyl (C=O) groups is 1. The molecule has 26 heavy (non-hydrogen) atoms. The van der Waals surface area contributed by atoms with E-state index in [1.807, 2.05) is 13.8 Å². The van der Waals surface area contributed by atoms with E-state index in [4.69, 9.17) is 23.2 Å². The van der Waals surface area contributed by atoms with Crippen LogP contribution in [-0.4, -0.2) is 5.78 Å². The van der Waals surface area contributed by atoms with Crippen LogP contribution >= 0.6 is 23.2 Å². The summed E-state index contributed by atoms with van der Waals surface area (Å²) in [6, 6.07) is 14.8. The summed E-state index contributed by atoms with van der Waals surface area (Å²) in [7, 11) is 0. The van der Waals surface area contributed by atoms with E-state index < -0.39 is 0 Å². The van der Waals surface area contributed by atoms with Crippen LogP contribution in [0, 0.1) is 19.7 Å². The molecular formula is C21H16Cl2FNO. The molecule has 0 spiro atoms. The fourth-order valence-corrected chi connectivity index (χ4v) is 3.22. The van der Waals surface area contributed by atoms with Crippen molar-refractivity contribution in [2.45, 2.75) is 13.8 Å². The fourth-order valence-electron chi connectivity index (χ4n) is 2.73. The summed E-state index contributed by atoms with van der Waals surface area (Å²) >= 11 is 12.3. The van der Waals surface area contributed by atoms with Crippen molar-refractivity contribution in [2.24, 2.45) is 0 Å². The molecule has 0 saturated carbocycles. The van der Waals surface area contributed by atoms with Crippen molar-refractivity contribution < 1.29 is 9.18 Å². The van der Waals surface area contributed by atoms with Crippen LogP contribution in [0.4, 0.5) is 15.8 Å². The largest absolute Gasteiger partial charge is 0.355 e. The van der Waals surface area contributed by atoms with Crippen molar-refractivity contribution in [3.8, 4) is 0 Å². The highest BCUT2D eigenvalue weighted by atomic mass is 35.5. The number of aryl methyl sites for hydroxylation is 2. The van der Waals surface area contributed by atoms with Gasteiger partial charge in [-0.1, -0.05) is 23.2 Å². The van der Waals surface area contributed by atoms with Gasteiger partial charge >= 0.3 is 0 Å². The molecule has 0 aromatic heterocycles. The van der Waals surface area contributed by atoms with Crippen LogP contribution in [0.25, 0.3) is 0 Å². The van der Waals surface area contributed by atoms with Gasteiger partial charge in [0.1, 0.15) is 5.82 Å². The normalized spacial score (nSPS) is 10.7. The third-order valence-corrected chi connectivity index (χ3v) is 4.66. The Hall–Kier alpha value is -2.36. The lowest BCUT2D eigenvalue weighted by atomic mass is 9.99. The molecule has 132 valence electrons. The highest BCUT2D eigenvalue weighted by molar-refractivity contribution is 6.35. The Kier molecular flexibility index (Phi) is 5.30. The molecule has 0 atom stereocenters. The summed E-state index contributed by atoms with van der Waals surface area (Å²) in [6.07, 6.45) is 0. The summed E-state index contributed by atoms with van der Waals surface area (Å²) in [6.45, 7) is 3.65. The van der Waals surface area contributed by atoms with E-state index in [2.05, 4.69) is 5.32 Å². The quantitative estimate of drug-likeness (QED) is 0.503. The Balaban J connectivity index is 1.88. The van der Waals surface area contributed by atoms with Crippen molar-refractivity contribution in [3.63, 3.8) is 0 Å². The molecule has 0 bridgehead atoms. The van der Waals surface area contributed by atoms with Crippen molar-refractivity contribution in [1.82, 2.24) is 0 Å². The summed E-state index contributed by atoms with van der Waals surface area (Å²) < 4.78 is 13.2. The minimum absolute atomic E-state index is 0.159. The van der Waals surface area contributed by atoms with Gasteiger partial charge in [-0.15, -0.1) is 0 Å². The average Bonchev–Trinajstić information content (AvgIpc) is 2.57. The van der Waals surface area contributed by atoms with Crippen LogP contribution in [0.1, 0.15) is 27.0 Å². The molecule has 0 saturated heterocycles. The van der Waals surface area contributed by atoms with E-state index in [0.717, 1.165) is 16.8 Å². The summed E-state index contributed by atoms with van der Waals surface area (Å²) in [4.78, 5) is 12.8. The van der Waals surface area contributed by atoms with E-state index in [1.165, 1.54) is 12.1 Å². The molecule has 0 unspecified atom stereocenters. The zero-order chi connectivity index (χ0) is 18.8. The molecule has 0 aliphatic carbocycles. The van der Waals surface area contributed by atoms with Crippen LogP contribution in [0.15, 0.2) is 54.6 Å². The van der Waals surface area contributed by atoms with Gasteiger partial charge in [0.2, 0.25) is 0 Å². The number of hydrogen-bond acceptors (Lipinski definition) is 2. The van der Waals surface area contributed by atoms with Gasteiger partial charge in [0.15, 0.2) is 5.78 Å². The second kappa shape index (κ2) is 7.48. The maximum absolute atomic E-state index is 13.2. The molecule has 0 amide bonds. The van der Waals surface area contributed by atoms with Crippen LogP contribution in [0.5, 0.6) is 0 Å². The molecular weight excluding hydrogens is 372 g/mol. The summed E-state index contributed by atoms with van der Waals surface area (Å²) in [5, 5.41) is 4.11. The maximum Gasteiger partial charge on any atom is 0.194 e. The predicted octanol–water partition coefficient (Wildman–Crippen LogP) is 6.72. The first-order valence-electron chi connectivity index (χ1n) is 7.99. The Labute approximate surface area is 161 Å². The first kappa shape index (κ1) is 18.4. The van der Waals surface area contributed by atoms with Gasteiger partial charge in [-0.05, 0) is 79.6 Å². The number of anilines is 2. The van der Waals surface area contributed by atoms with Crippen molar-refractivity contribution in [2.75, 3.05) is 5.32 Å². The second-order valence-corrected chi connectivity index (χ2v) is 6.91. The third kappa shape index (κ3) is 3.90. The van der Waals surface area contributed by atoms with Crippen LogP contribution < -0.4 is 5.32 Å².